The Morgan fingerprint density at radius 3 is 2.78 bits per heavy atom. The number of aromatic nitrogens is 3. The van der Waals surface area contributed by atoms with Crippen LogP contribution in [0.1, 0.15) is 56.6 Å². The summed E-state index contributed by atoms with van der Waals surface area (Å²) in [6.07, 6.45) is 4.55. The summed E-state index contributed by atoms with van der Waals surface area (Å²) in [6.45, 7) is 1.75. The highest BCUT2D eigenvalue weighted by atomic mass is 19.1. The Bertz CT molecular complexity index is 753. The van der Waals surface area contributed by atoms with Crippen molar-refractivity contribution in [3.05, 3.63) is 35.7 Å². The normalized spacial score (nSPS) is 16.4. The van der Waals surface area contributed by atoms with E-state index < -0.39 is 6.17 Å². The number of ether oxygens (including phenoxy) is 1. The first kappa shape index (κ1) is 19.3. The Labute approximate surface area is 159 Å². The summed E-state index contributed by atoms with van der Waals surface area (Å²) in [5, 5.41) is 3.40. The van der Waals surface area contributed by atoms with E-state index in [0.717, 1.165) is 18.6 Å². The lowest BCUT2D eigenvalue weighted by atomic mass is 9.78. The van der Waals surface area contributed by atoms with Crippen LogP contribution in [0.3, 0.4) is 0 Å². The molecule has 6 nitrogen and oxygen atoms in total. The van der Waals surface area contributed by atoms with Gasteiger partial charge in [0.25, 0.3) is 0 Å². The van der Waals surface area contributed by atoms with Crippen LogP contribution in [-0.2, 0) is 6.42 Å². The molecule has 3 rings (SSSR count). The molecule has 146 valence electrons. The first-order valence-electron chi connectivity index (χ1n) is 9.64. The van der Waals surface area contributed by atoms with E-state index in [2.05, 4.69) is 32.4 Å². The molecule has 3 N–H and O–H groups in total. The minimum Gasteiger partial charge on any atom is -0.497 e. The summed E-state index contributed by atoms with van der Waals surface area (Å²) in [5.74, 6) is 1.97. The molecule has 0 aliphatic heterocycles. The molecule has 2 aromatic rings. The predicted octanol–water partition coefficient (Wildman–Crippen LogP) is 4.10. The largest absolute Gasteiger partial charge is 0.497 e. The maximum atomic E-state index is 14.0. The number of methoxy groups -OCH3 is 1. The molecule has 0 bridgehead atoms. The second-order valence-electron chi connectivity index (χ2n) is 7.08. The fraction of sp³-hybridized carbons (Fsp3) is 0.550. The van der Waals surface area contributed by atoms with Crippen molar-refractivity contribution in [3.63, 3.8) is 0 Å². The van der Waals surface area contributed by atoms with Crippen molar-refractivity contribution in [2.24, 2.45) is 5.92 Å². The highest BCUT2D eigenvalue weighted by Crippen LogP contribution is 2.33. The Morgan fingerprint density at radius 2 is 2.11 bits per heavy atom. The number of benzene rings is 1. The van der Waals surface area contributed by atoms with Gasteiger partial charge in [-0.3, -0.25) is 0 Å². The Morgan fingerprint density at radius 1 is 1.30 bits per heavy atom. The first-order valence-corrected chi connectivity index (χ1v) is 9.64. The number of anilines is 2. The number of nitrogen functional groups attached to an aromatic ring is 1. The molecule has 2 atom stereocenters. The van der Waals surface area contributed by atoms with E-state index in [0.29, 0.717) is 18.3 Å². The molecular weight excluding hydrogens is 345 g/mol. The van der Waals surface area contributed by atoms with Crippen LogP contribution < -0.4 is 15.8 Å². The zero-order chi connectivity index (χ0) is 19.2. The summed E-state index contributed by atoms with van der Waals surface area (Å²) >= 11 is 0. The number of rotatable bonds is 9. The Kier molecular flexibility index (Phi) is 6.42. The average Bonchev–Trinajstić information content (AvgIpc) is 2.63. The third kappa shape index (κ3) is 5.05. The van der Waals surface area contributed by atoms with E-state index in [-0.39, 0.29) is 17.8 Å². The number of aryl methyl sites for hydroxylation is 1. The molecule has 7 heteroatoms. The van der Waals surface area contributed by atoms with E-state index in [1.807, 2.05) is 12.1 Å². The zero-order valence-electron chi connectivity index (χ0n) is 16.0. The van der Waals surface area contributed by atoms with Crippen LogP contribution in [0.15, 0.2) is 24.3 Å². The van der Waals surface area contributed by atoms with Crippen molar-refractivity contribution >= 4 is 11.9 Å². The van der Waals surface area contributed by atoms with E-state index in [1.54, 1.807) is 14.0 Å². The number of nitrogens with two attached hydrogens (primary N) is 1. The summed E-state index contributed by atoms with van der Waals surface area (Å²) < 4.78 is 19.3. The van der Waals surface area contributed by atoms with Crippen molar-refractivity contribution in [3.8, 4) is 5.75 Å². The fourth-order valence-electron chi connectivity index (χ4n) is 3.38. The van der Waals surface area contributed by atoms with Crippen LogP contribution in [0.2, 0.25) is 0 Å². The van der Waals surface area contributed by atoms with Gasteiger partial charge in [0, 0.05) is 6.04 Å². The van der Waals surface area contributed by atoms with Gasteiger partial charge in [-0.05, 0) is 55.7 Å². The smallest absolute Gasteiger partial charge is 0.228 e. The lowest BCUT2D eigenvalue weighted by Crippen LogP contribution is -2.35. The van der Waals surface area contributed by atoms with Gasteiger partial charge in [0.05, 0.1) is 7.11 Å². The number of halogens is 1. The van der Waals surface area contributed by atoms with Crippen molar-refractivity contribution < 1.29 is 9.13 Å². The number of hydrogen-bond donors (Lipinski definition) is 2. The van der Waals surface area contributed by atoms with Crippen molar-refractivity contribution in [2.45, 2.75) is 57.7 Å². The molecule has 1 saturated carbocycles. The molecule has 1 fully saturated rings. The van der Waals surface area contributed by atoms with Gasteiger partial charge in [-0.1, -0.05) is 25.5 Å². The third-order valence-electron chi connectivity index (χ3n) is 5.22. The first-order chi connectivity index (χ1) is 13.1. The van der Waals surface area contributed by atoms with Gasteiger partial charge < -0.3 is 15.8 Å². The summed E-state index contributed by atoms with van der Waals surface area (Å²) in [5.41, 5.74) is 6.99. The molecule has 0 spiro atoms. The molecule has 0 amide bonds. The van der Waals surface area contributed by atoms with E-state index in [1.165, 1.54) is 24.8 Å². The van der Waals surface area contributed by atoms with Gasteiger partial charge in [0.2, 0.25) is 11.9 Å². The highest BCUT2D eigenvalue weighted by molar-refractivity contribution is 5.33. The topological polar surface area (TPSA) is 86.0 Å². The fourth-order valence-corrected chi connectivity index (χ4v) is 3.38. The SMILES string of the molecule is CC[C@@H](F)c1nc(N)nc(N[C@@H](CCc2cccc(OC)c2)C2CCC2)n1. The summed E-state index contributed by atoms with van der Waals surface area (Å²) in [6, 6.07) is 8.34. The van der Waals surface area contributed by atoms with Crippen LogP contribution in [0.5, 0.6) is 5.75 Å². The Hall–Kier alpha value is -2.44. The summed E-state index contributed by atoms with van der Waals surface area (Å²) in [7, 11) is 1.68. The second-order valence-corrected chi connectivity index (χ2v) is 7.08. The van der Waals surface area contributed by atoms with Gasteiger partial charge in [-0.15, -0.1) is 0 Å². The van der Waals surface area contributed by atoms with Gasteiger partial charge in [0.1, 0.15) is 5.75 Å². The highest BCUT2D eigenvalue weighted by Gasteiger charge is 2.28. The number of hydrogen-bond acceptors (Lipinski definition) is 6. The quantitative estimate of drug-likeness (QED) is 0.688. The van der Waals surface area contributed by atoms with Gasteiger partial charge in [-0.2, -0.15) is 15.0 Å². The molecular formula is C20H28FN5O. The summed E-state index contributed by atoms with van der Waals surface area (Å²) in [4.78, 5) is 12.4. The molecule has 1 aromatic carbocycles. The van der Waals surface area contributed by atoms with Gasteiger partial charge in [-0.25, -0.2) is 4.39 Å². The van der Waals surface area contributed by atoms with E-state index in [4.69, 9.17) is 10.5 Å². The van der Waals surface area contributed by atoms with Crippen molar-refractivity contribution in [1.29, 1.82) is 0 Å². The minimum absolute atomic E-state index is 0.0544. The Balaban J connectivity index is 1.71. The van der Waals surface area contributed by atoms with Crippen LogP contribution in [0.4, 0.5) is 16.3 Å². The molecule has 0 saturated heterocycles. The maximum absolute atomic E-state index is 14.0. The third-order valence-corrected chi connectivity index (χ3v) is 5.22. The average molecular weight is 373 g/mol. The zero-order valence-corrected chi connectivity index (χ0v) is 16.0. The molecule has 1 heterocycles. The van der Waals surface area contributed by atoms with Gasteiger partial charge >= 0.3 is 0 Å². The molecule has 1 aliphatic carbocycles. The lowest BCUT2D eigenvalue weighted by Gasteiger charge is -2.34. The number of nitrogens with one attached hydrogen (secondary N) is 1. The predicted molar refractivity (Wildman–Crippen MR) is 104 cm³/mol. The van der Waals surface area contributed by atoms with Crippen LogP contribution >= 0.6 is 0 Å². The van der Waals surface area contributed by atoms with Crippen LogP contribution in [0.25, 0.3) is 0 Å². The molecule has 0 radical (unpaired) electrons. The van der Waals surface area contributed by atoms with E-state index in [9.17, 15) is 4.39 Å². The molecule has 1 aromatic heterocycles. The molecule has 1 aliphatic rings. The minimum atomic E-state index is -1.23. The number of alkyl halides is 1. The van der Waals surface area contributed by atoms with Crippen LogP contribution in [-0.4, -0.2) is 28.1 Å². The second kappa shape index (κ2) is 8.97. The van der Waals surface area contributed by atoms with Crippen LogP contribution in [0, 0.1) is 5.92 Å². The monoisotopic (exact) mass is 373 g/mol. The van der Waals surface area contributed by atoms with Crippen molar-refractivity contribution in [2.75, 3.05) is 18.2 Å². The van der Waals surface area contributed by atoms with Crippen molar-refractivity contribution in [1.82, 2.24) is 15.0 Å². The number of nitrogens with zero attached hydrogens (tertiary/aromatic N) is 3. The molecule has 0 unspecified atom stereocenters. The lowest BCUT2D eigenvalue weighted by molar-refractivity contribution is 0.265. The standard InChI is InChI=1S/C20H28FN5O/c1-3-16(21)18-24-19(22)26-20(25-18)23-17(14-7-5-8-14)11-10-13-6-4-9-15(12-13)27-2/h4,6,9,12,14,16-17H,3,5,7-8,10-11H2,1-2H3,(H3,22,23,24,25,26)/t16-,17+/m1/s1. The van der Waals surface area contributed by atoms with E-state index >= 15 is 0 Å². The maximum Gasteiger partial charge on any atom is 0.228 e. The van der Waals surface area contributed by atoms with Gasteiger partial charge in [0.15, 0.2) is 12.0 Å². The molecule has 27 heavy (non-hydrogen) atoms.